The lowest BCUT2D eigenvalue weighted by atomic mass is 10.1. The lowest BCUT2D eigenvalue weighted by Crippen LogP contribution is -2.24. The number of benzene rings is 1. The van der Waals surface area contributed by atoms with Gasteiger partial charge in [-0.2, -0.15) is 0 Å². The summed E-state index contributed by atoms with van der Waals surface area (Å²) in [4.78, 5) is 30.1. The van der Waals surface area contributed by atoms with Crippen LogP contribution in [0.2, 0.25) is 0 Å². The number of nitrogens with zero attached hydrogens (tertiary/aromatic N) is 2. The van der Waals surface area contributed by atoms with Crippen LogP contribution >= 0.6 is 0 Å². The van der Waals surface area contributed by atoms with Gasteiger partial charge in [0, 0.05) is 44.4 Å². The summed E-state index contributed by atoms with van der Waals surface area (Å²) in [5.74, 6) is -0.620. The van der Waals surface area contributed by atoms with Crippen LogP contribution in [0.1, 0.15) is 20.7 Å². The van der Waals surface area contributed by atoms with Crippen molar-refractivity contribution in [2.75, 3.05) is 30.9 Å². The molecule has 0 fully saturated rings. The fourth-order valence-corrected chi connectivity index (χ4v) is 2.00. The van der Waals surface area contributed by atoms with Gasteiger partial charge in [-0.05, 0) is 30.3 Å². The predicted octanol–water partition coefficient (Wildman–Crippen LogP) is 2.32. The summed E-state index contributed by atoms with van der Waals surface area (Å²) < 4.78 is 0. The largest absolute Gasteiger partial charge is 0.378 e. The van der Waals surface area contributed by atoms with E-state index in [1.165, 1.54) is 18.5 Å². The average Bonchev–Trinajstić information content (AvgIpc) is 2.60. The summed E-state index contributed by atoms with van der Waals surface area (Å²) in [6.07, 6.45) is 4.42. The summed E-state index contributed by atoms with van der Waals surface area (Å²) in [5.41, 5.74) is 2.35. The molecule has 0 saturated carbocycles. The van der Waals surface area contributed by atoms with Crippen LogP contribution in [-0.4, -0.2) is 37.4 Å². The van der Waals surface area contributed by atoms with Crippen LogP contribution in [0.4, 0.5) is 11.4 Å². The molecule has 0 bridgehead atoms. The molecule has 0 aliphatic heterocycles. The molecule has 6 nitrogen and oxygen atoms in total. The van der Waals surface area contributed by atoms with Crippen LogP contribution < -0.4 is 15.5 Å². The van der Waals surface area contributed by atoms with E-state index in [1.54, 1.807) is 6.08 Å². The Morgan fingerprint density at radius 2 is 1.75 bits per heavy atom. The van der Waals surface area contributed by atoms with Crippen LogP contribution in [0.25, 0.3) is 0 Å². The first-order chi connectivity index (χ1) is 11.5. The van der Waals surface area contributed by atoms with E-state index in [0.717, 1.165) is 5.69 Å². The molecular weight excluding hydrogens is 304 g/mol. The second-order valence-corrected chi connectivity index (χ2v) is 5.36. The van der Waals surface area contributed by atoms with Gasteiger partial charge >= 0.3 is 0 Å². The normalized spacial score (nSPS) is 9.92. The maximum absolute atomic E-state index is 12.3. The van der Waals surface area contributed by atoms with Crippen molar-refractivity contribution in [3.8, 4) is 0 Å². The highest BCUT2D eigenvalue weighted by Gasteiger charge is 2.11. The Bertz CT molecular complexity index is 739. The number of hydrogen-bond acceptors (Lipinski definition) is 4. The first kappa shape index (κ1) is 17.2. The smallest absolute Gasteiger partial charge is 0.257 e. The molecule has 2 N–H and O–H groups in total. The molecule has 0 atom stereocenters. The van der Waals surface area contributed by atoms with Crippen molar-refractivity contribution in [3.63, 3.8) is 0 Å². The number of carbonyl (C=O) groups is 2. The Labute approximate surface area is 141 Å². The van der Waals surface area contributed by atoms with E-state index >= 15 is 0 Å². The number of nitrogens with one attached hydrogen (secondary N) is 2. The van der Waals surface area contributed by atoms with E-state index in [9.17, 15) is 9.59 Å². The minimum absolute atomic E-state index is 0.299. The fraction of sp³-hybridized carbons (Fsp3) is 0.167. The van der Waals surface area contributed by atoms with Crippen molar-refractivity contribution in [3.05, 3.63) is 66.5 Å². The topological polar surface area (TPSA) is 74.3 Å². The van der Waals surface area contributed by atoms with Crippen molar-refractivity contribution < 1.29 is 9.59 Å². The monoisotopic (exact) mass is 324 g/mol. The van der Waals surface area contributed by atoms with Gasteiger partial charge in [0.05, 0.1) is 11.1 Å². The van der Waals surface area contributed by atoms with Gasteiger partial charge in [-0.15, -0.1) is 6.58 Å². The lowest BCUT2D eigenvalue weighted by molar-refractivity contribution is 0.0957. The molecule has 1 aromatic carbocycles. The van der Waals surface area contributed by atoms with E-state index < -0.39 is 0 Å². The van der Waals surface area contributed by atoms with Crippen molar-refractivity contribution in [1.82, 2.24) is 10.3 Å². The Kier molecular flexibility index (Phi) is 5.68. The standard InChI is InChI=1S/C18H20N4O2/c1-4-9-20-17(23)13-10-14(12-19-11-13)18(24)21-15-5-7-16(8-6-15)22(2)3/h4-8,10-12H,1,9H2,2-3H3,(H,20,23)(H,21,24). The van der Waals surface area contributed by atoms with Gasteiger partial charge in [-0.3, -0.25) is 14.6 Å². The number of hydrogen-bond donors (Lipinski definition) is 2. The van der Waals surface area contributed by atoms with E-state index in [1.807, 2.05) is 43.3 Å². The molecule has 0 aliphatic carbocycles. The number of rotatable bonds is 6. The highest BCUT2D eigenvalue weighted by Crippen LogP contribution is 2.16. The van der Waals surface area contributed by atoms with Gasteiger partial charge < -0.3 is 15.5 Å². The average molecular weight is 324 g/mol. The summed E-state index contributed by atoms with van der Waals surface area (Å²) in [6, 6.07) is 8.97. The summed E-state index contributed by atoms with van der Waals surface area (Å²) >= 11 is 0. The Morgan fingerprint density at radius 1 is 1.12 bits per heavy atom. The van der Waals surface area contributed by atoms with E-state index in [2.05, 4.69) is 22.2 Å². The fourth-order valence-electron chi connectivity index (χ4n) is 2.00. The second-order valence-electron chi connectivity index (χ2n) is 5.36. The highest BCUT2D eigenvalue weighted by atomic mass is 16.2. The SMILES string of the molecule is C=CCNC(=O)c1cncc(C(=O)Nc2ccc(N(C)C)cc2)c1. The van der Waals surface area contributed by atoms with Crippen molar-refractivity contribution in [2.45, 2.75) is 0 Å². The van der Waals surface area contributed by atoms with Gasteiger partial charge in [0.1, 0.15) is 0 Å². The number of aromatic nitrogens is 1. The third-order valence-corrected chi connectivity index (χ3v) is 3.31. The van der Waals surface area contributed by atoms with Crippen LogP contribution in [0.3, 0.4) is 0 Å². The zero-order chi connectivity index (χ0) is 17.5. The van der Waals surface area contributed by atoms with E-state index in [0.29, 0.717) is 23.4 Å². The van der Waals surface area contributed by atoms with Gasteiger partial charge in [-0.25, -0.2) is 0 Å². The van der Waals surface area contributed by atoms with Gasteiger partial charge in [0.15, 0.2) is 0 Å². The summed E-state index contributed by atoms with van der Waals surface area (Å²) in [6.45, 7) is 3.89. The zero-order valence-electron chi connectivity index (χ0n) is 13.7. The maximum Gasteiger partial charge on any atom is 0.257 e. The third kappa shape index (κ3) is 4.42. The molecule has 24 heavy (non-hydrogen) atoms. The van der Waals surface area contributed by atoms with Crippen LogP contribution in [-0.2, 0) is 0 Å². The zero-order valence-corrected chi connectivity index (χ0v) is 13.7. The number of anilines is 2. The minimum Gasteiger partial charge on any atom is -0.378 e. The van der Waals surface area contributed by atoms with Gasteiger partial charge in [-0.1, -0.05) is 6.08 Å². The molecule has 1 aromatic heterocycles. The quantitative estimate of drug-likeness (QED) is 0.800. The van der Waals surface area contributed by atoms with Crippen molar-refractivity contribution in [1.29, 1.82) is 0 Å². The van der Waals surface area contributed by atoms with E-state index in [-0.39, 0.29) is 11.8 Å². The van der Waals surface area contributed by atoms with Crippen molar-refractivity contribution >= 4 is 23.2 Å². The first-order valence-electron chi connectivity index (χ1n) is 7.44. The second kappa shape index (κ2) is 7.92. The molecule has 0 radical (unpaired) electrons. The molecule has 1 heterocycles. The Morgan fingerprint density at radius 3 is 2.33 bits per heavy atom. The van der Waals surface area contributed by atoms with Gasteiger partial charge in [0.2, 0.25) is 0 Å². The van der Waals surface area contributed by atoms with E-state index in [4.69, 9.17) is 0 Å². The summed E-state index contributed by atoms with van der Waals surface area (Å²) in [5, 5.41) is 5.44. The lowest BCUT2D eigenvalue weighted by Gasteiger charge is -2.13. The first-order valence-corrected chi connectivity index (χ1v) is 7.44. The number of carbonyl (C=O) groups excluding carboxylic acids is 2. The number of amides is 2. The summed E-state index contributed by atoms with van der Waals surface area (Å²) in [7, 11) is 3.89. The highest BCUT2D eigenvalue weighted by molar-refractivity contribution is 6.05. The van der Waals surface area contributed by atoms with Crippen molar-refractivity contribution in [2.24, 2.45) is 0 Å². The molecule has 0 saturated heterocycles. The van der Waals surface area contributed by atoms with Crippen LogP contribution in [0.5, 0.6) is 0 Å². The molecular formula is C18H20N4O2. The molecule has 6 heteroatoms. The third-order valence-electron chi connectivity index (χ3n) is 3.31. The molecule has 0 unspecified atom stereocenters. The molecule has 0 spiro atoms. The molecule has 0 aliphatic rings. The molecule has 2 rings (SSSR count). The molecule has 2 aromatic rings. The Hall–Kier alpha value is -3.15. The predicted molar refractivity (Wildman–Crippen MR) is 95.5 cm³/mol. The maximum atomic E-state index is 12.3. The van der Waals surface area contributed by atoms with Crippen LogP contribution in [0.15, 0.2) is 55.4 Å². The molecule has 124 valence electrons. The Balaban J connectivity index is 2.09. The van der Waals surface area contributed by atoms with Gasteiger partial charge in [0.25, 0.3) is 11.8 Å². The van der Waals surface area contributed by atoms with Crippen LogP contribution in [0, 0.1) is 0 Å². The number of pyridine rings is 1. The minimum atomic E-state index is -0.321. The molecule has 2 amide bonds.